The minimum atomic E-state index is -0.559. The van der Waals surface area contributed by atoms with Crippen molar-refractivity contribution in [1.29, 1.82) is 0 Å². The zero-order valence-electron chi connectivity index (χ0n) is 22.7. The largest absolute Gasteiger partial charge is 0.507 e. The lowest BCUT2D eigenvalue weighted by atomic mass is 9.79. The molecule has 0 aromatic heterocycles. The molecule has 0 saturated heterocycles. The second kappa shape index (κ2) is 11.5. The smallest absolute Gasteiger partial charge is 0.335 e. The second-order valence-corrected chi connectivity index (χ2v) is 10.8. The lowest BCUT2D eigenvalue weighted by molar-refractivity contribution is -0.129. The van der Waals surface area contributed by atoms with E-state index in [-0.39, 0.29) is 22.5 Å². The lowest BCUT2D eigenvalue weighted by Gasteiger charge is -2.29. The Bertz CT molecular complexity index is 1130. The zero-order valence-corrected chi connectivity index (χ0v) is 22.7. The van der Waals surface area contributed by atoms with Gasteiger partial charge in [0.1, 0.15) is 36.2 Å². The van der Waals surface area contributed by atoms with Gasteiger partial charge in [-0.25, -0.2) is 4.79 Å². The van der Waals surface area contributed by atoms with Crippen molar-refractivity contribution in [3.63, 3.8) is 0 Å². The van der Waals surface area contributed by atoms with Crippen LogP contribution in [0.1, 0.15) is 76.6 Å². The van der Waals surface area contributed by atoms with Crippen molar-refractivity contribution in [1.82, 2.24) is 0 Å². The average molecular weight is 493 g/mol. The first-order chi connectivity index (χ1) is 16.7. The Morgan fingerprint density at radius 2 is 1.33 bits per heavy atom. The van der Waals surface area contributed by atoms with E-state index in [1.54, 1.807) is 12.2 Å². The summed E-state index contributed by atoms with van der Waals surface area (Å²) in [6, 6.07) is 7.42. The molecule has 0 aliphatic heterocycles. The number of hydrogen-bond acceptors (Lipinski definition) is 5. The van der Waals surface area contributed by atoms with Gasteiger partial charge in [-0.2, -0.15) is 0 Å². The minimum Gasteiger partial charge on any atom is -0.507 e. The molecule has 1 N–H and O–H groups in total. The number of phenolic OH excluding ortho intramolecular Hbond substituents is 1. The third-order valence-electron chi connectivity index (χ3n) is 5.86. The van der Waals surface area contributed by atoms with Gasteiger partial charge in [-0.1, -0.05) is 80.4 Å². The summed E-state index contributed by atoms with van der Waals surface area (Å²) >= 11 is 0. The molecule has 0 fully saturated rings. The van der Waals surface area contributed by atoms with Crippen LogP contribution < -0.4 is 14.2 Å². The van der Waals surface area contributed by atoms with Gasteiger partial charge >= 0.3 is 5.97 Å². The number of phenols is 1. The van der Waals surface area contributed by atoms with E-state index < -0.39 is 5.97 Å². The van der Waals surface area contributed by atoms with Crippen LogP contribution in [0.15, 0.2) is 62.2 Å². The van der Waals surface area contributed by atoms with E-state index in [1.807, 2.05) is 72.7 Å². The molecule has 0 saturated carbocycles. The monoisotopic (exact) mass is 492 g/mol. The first-order valence-corrected chi connectivity index (χ1v) is 12.1. The third kappa shape index (κ3) is 6.81. The summed E-state index contributed by atoms with van der Waals surface area (Å²) < 4.78 is 17.6. The molecule has 5 heteroatoms. The Morgan fingerprint density at radius 1 is 0.861 bits per heavy atom. The van der Waals surface area contributed by atoms with Crippen molar-refractivity contribution >= 4 is 5.97 Å². The summed E-state index contributed by atoms with van der Waals surface area (Å²) in [5, 5.41) is 11.4. The Labute approximate surface area is 216 Å². The van der Waals surface area contributed by atoms with E-state index in [1.165, 1.54) is 0 Å². The number of benzene rings is 2. The van der Waals surface area contributed by atoms with Gasteiger partial charge in [-0.3, -0.25) is 0 Å². The molecule has 2 aromatic rings. The Hall–Kier alpha value is -3.47. The summed E-state index contributed by atoms with van der Waals surface area (Å²) in [4.78, 5) is 12.4. The molecule has 0 spiro atoms. The quantitative estimate of drug-likeness (QED) is 0.162. The molecule has 0 heterocycles. The van der Waals surface area contributed by atoms with Crippen LogP contribution in [0.5, 0.6) is 23.0 Å². The zero-order chi connectivity index (χ0) is 27.3. The first kappa shape index (κ1) is 28.8. The van der Waals surface area contributed by atoms with Gasteiger partial charge < -0.3 is 19.3 Å². The van der Waals surface area contributed by atoms with Crippen LogP contribution in [0.2, 0.25) is 0 Å². The SMILES string of the molecule is C=CCOc1cc(C(C)c2cc(OCC=C)cc(C(C)(C)C)c2OC(=O)C=C)c(O)c(C(C)(C)C)c1. The van der Waals surface area contributed by atoms with Crippen LogP contribution in [-0.2, 0) is 15.6 Å². The first-order valence-electron chi connectivity index (χ1n) is 12.1. The molecule has 36 heavy (non-hydrogen) atoms. The van der Waals surface area contributed by atoms with E-state index in [4.69, 9.17) is 14.2 Å². The molecule has 2 rings (SSSR count). The standard InChI is InChI=1S/C31H40O5/c1-11-14-34-21-16-23(28(33)25(18-21)30(5,6)7)20(4)24-17-22(35-15-12-2)19-26(31(8,9)10)29(24)36-27(32)13-3/h11-13,16-20,33H,1-3,14-15H2,4-10H3. The summed E-state index contributed by atoms with van der Waals surface area (Å²) in [5.41, 5.74) is 2.20. The maximum absolute atomic E-state index is 12.4. The molecule has 2 aromatic carbocycles. The van der Waals surface area contributed by atoms with Crippen LogP contribution in [0.25, 0.3) is 0 Å². The maximum Gasteiger partial charge on any atom is 0.335 e. The fourth-order valence-corrected chi connectivity index (χ4v) is 3.93. The molecule has 0 radical (unpaired) electrons. The van der Waals surface area contributed by atoms with Crippen molar-refractivity contribution in [2.75, 3.05) is 13.2 Å². The molecule has 0 amide bonds. The predicted octanol–water partition coefficient (Wildman–Crippen LogP) is 7.36. The molecule has 0 bridgehead atoms. The van der Waals surface area contributed by atoms with Gasteiger partial charge in [-0.15, -0.1) is 0 Å². The molecule has 194 valence electrons. The van der Waals surface area contributed by atoms with Crippen molar-refractivity contribution in [2.45, 2.75) is 65.2 Å². The fourth-order valence-electron chi connectivity index (χ4n) is 3.93. The topological polar surface area (TPSA) is 65.0 Å². The number of esters is 1. The fraction of sp³-hybridized carbons (Fsp3) is 0.387. The average Bonchev–Trinajstić information content (AvgIpc) is 2.80. The van der Waals surface area contributed by atoms with Gasteiger partial charge in [-0.05, 0) is 35.1 Å². The molecule has 0 aliphatic carbocycles. The number of ether oxygens (including phenoxy) is 3. The highest BCUT2D eigenvalue weighted by molar-refractivity contribution is 5.84. The minimum absolute atomic E-state index is 0.177. The second-order valence-electron chi connectivity index (χ2n) is 10.8. The number of carbonyl (C=O) groups excluding carboxylic acids is 1. The van der Waals surface area contributed by atoms with Crippen molar-refractivity contribution in [2.24, 2.45) is 0 Å². The van der Waals surface area contributed by atoms with Crippen molar-refractivity contribution in [3.8, 4) is 23.0 Å². The summed E-state index contributed by atoms with van der Waals surface area (Å²) in [5.74, 6) is 0.918. The summed E-state index contributed by atoms with van der Waals surface area (Å²) in [6.45, 7) is 25.9. The Kier molecular flexibility index (Phi) is 9.20. The highest BCUT2D eigenvalue weighted by Crippen LogP contribution is 2.47. The molecule has 5 nitrogen and oxygen atoms in total. The van der Waals surface area contributed by atoms with Gasteiger partial charge in [0.2, 0.25) is 0 Å². The summed E-state index contributed by atoms with van der Waals surface area (Å²) in [6.07, 6.45) is 4.49. The maximum atomic E-state index is 12.4. The molecule has 1 atom stereocenters. The van der Waals surface area contributed by atoms with Crippen molar-refractivity contribution in [3.05, 3.63) is 84.5 Å². The third-order valence-corrected chi connectivity index (χ3v) is 5.86. The van der Waals surface area contributed by atoms with Gasteiger partial charge in [0.15, 0.2) is 0 Å². The number of hydrogen-bond donors (Lipinski definition) is 1. The van der Waals surface area contributed by atoms with Crippen molar-refractivity contribution < 1.29 is 24.1 Å². The van der Waals surface area contributed by atoms with Crippen LogP contribution in [0.4, 0.5) is 0 Å². The predicted molar refractivity (Wildman–Crippen MR) is 147 cm³/mol. The van der Waals surface area contributed by atoms with E-state index in [0.717, 1.165) is 17.2 Å². The number of aromatic hydroxyl groups is 1. The van der Waals surface area contributed by atoms with Crippen LogP contribution >= 0.6 is 0 Å². The number of rotatable bonds is 10. The highest BCUT2D eigenvalue weighted by atomic mass is 16.5. The lowest BCUT2D eigenvalue weighted by Crippen LogP contribution is -2.18. The van der Waals surface area contributed by atoms with Gasteiger partial charge in [0.25, 0.3) is 0 Å². The molecular formula is C31H40O5. The molecular weight excluding hydrogens is 452 g/mol. The molecule has 0 aliphatic rings. The Balaban J connectivity index is 2.88. The summed E-state index contributed by atoms with van der Waals surface area (Å²) in [7, 11) is 0. The molecule has 1 unspecified atom stereocenters. The van der Waals surface area contributed by atoms with E-state index in [2.05, 4.69) is 19.7 Å². The highest BCUT2D eigenvalue weighted by Gasteiger charge is 2.30. The van der Waals surface area contributed by atoms with Crippen LogP contribution in [-0.4, -0.2) is 24.3 Å². The van der Waals surface area contributed by atoms with Gasteiger partial charge in [0, 0.05) is 34.2 Å². The number of carbonyl (C=O) groups is 1. The van der Waals surface area contributed by atoms with E-state index in [0.29, 0.717) is 41.6 Å². The normalized spacial score (nSPS) is 12.4. The van der Waals surface area contributed by atoms with Crippen LogP contribution in [0, 0.1) is 0 Å². The van der Waals surface area contributed by atoms with Crippen LogP contribution in [0.3, 0.4) is 0 Å². The Morgan fingerprint density at radius 3 is 1.78 bits per heavy atom. The van der Waals surface area contributed by atoms with E-state index >= 15 is 0 Å². The van der Waals surface area contributed by atoms with E-state index in [9.17, 15) is 9.90 Å². The van der Waals surface area contributed by atoms with Gasteiger partial charge in [0.05, 0.1) is 0 Å².